The van der Waals surface area contributed by atoms with Gasteiger partial charge in [-0.25, -0.2) is 8.42 Å². The first kappa shape index (κ1) is 16.0. The van der Waals surface area contributed by atoms with E-state index in [9.17, 15) is 13.2 Å². The molecular formula is C15H22N2O3S. The maximum atomic E-state index is 12.2. The molecule has 2 rings (SSSR count). The van der Waals surface area contributed by atoms with Crippen LogP contribution in [-0.4, -0.2) is 62.3 Å². The van der Waals surface area contributed by atoms with Crippen molar-refractivity contribution in [2.45, 2.75) is 19.0 Å². The van der Waals surface area contributed by atoms with Crippen molar-refractivity contribution in [1.29, 1.82) is 0 Å². The lowest BCUT2D eigenvalue weighted by molar-refractivity contribution is -0.131. The predicted molar refractivity (Wildman–Crippen MR) is 82.6 cm³/mol. The summed E-state index contributed by atoms with van der Waals surface area (Å²) in [4.78, 5) is 15.7. The van der Waals surface area contributed by atoms with Crippen LogP contribution in [0.25, 0.3) is 0 Å². The van der Waals surface area contributed by atoms with E-state index in [0.29, 0.717) is 13.0 Å². The Kier molecular flexibility index (Phi) is 5.00. The van der Waals surface area contributed by atoms with Crippen molar-refractivity contribution in [3.63, 3.8) is 0 Å². The van der Waals surface area contributed by atoms with Gasteiger partial charge < -0.3 is 4.90 Å². The van der Waals surface area contributed by atoms with Crippen molar-refractivity contribution >= 4 is 15.7 Å². The third kappa shape index (κ3) is 4.54. The fourth-order valence-electron chi connectivity index (χ4n) is 2.53. The number of nitrogens with zero attached hydrogens (tertiary/aromatic N) is 2. The lowest BCUT2D eigenvalue weighted by Crippen LogP contribution is -2.41. The van der Waals surface area contributed by atoms with Crippen LogP contribution in [0.4, 0.5) is 0 Å². The second-order valence-corrected chi connectivity index (χ2v) is 7.94. The molecule has 0 spiro atoms. The van der Waals surface area contributed by atoms with E-state index < -0.39 is 9.84 Å². The summed E-state index contributed by atoms with van der Waals surface area (Å²) in [6, 6.07) is 9.77. The Balaban J connectivity index is 1.86. The molecule has 1 atom stereocenters. The molecule has 1 heterocycles. The molecule has 1 aliphatic heterocycles. The van der Waals surface area contributed by atoms with Crippen molar-refractivity contribution in [2.24, 2.45) is 0 Å². The summed E-state index contributed by atoms with van der Waals surface area (Å²) in [6.07, 6.45) is 0.620. The minimum atomic E-state index is -2.91. The first-order chi connectivity index (χ1) is 9.87. The lowest BCUT2D eigenvalue weighted by atomic mass is 10.2. The molecule has 1 unspecified atom stereocenters. The molecule has 1 aromatic carbocycles. The smallest absolute Gasteiger partial charge is 0.236 e. The molecule has 1 fully saturated rings. The van der Waals surface area contributed by atoms with Crippen LogP contribution in [0.15, 0.2) is 30.3 Å². The van der Waals surface area contributed by atoms with Crippen LogP contribution in [0.2, 0.25) is 0 Å². The van der Waals surface area contributed by atoms with Gasteiger partial charge in [0, 0.05) is 19.6 Å². The second-order valence-electron chi connectivity index (χ2n) is 5.71. The third-order valence-electron chi connectivity index (χ3n) is 3.90. The Hall–Kier alpha value is -1.40. The zero-order valence-corrected chi connectivity index (χ0v) is 13.3. The second kappa shape index (κ2) is 6.58. The molecule has 0 bridgehead atoms. The van der Waals surface area contributed by atoms with Gasteiger partial charge in [0.25, 0.3) is 0 Å². The van der Waals surface area contributed by atoms with Crippen LogP contribution in [-0.2, 0) is 21.2 Å². The topological polar surface area (TPSA) is 57.7 Å². The predicted octanol–water partition coefficient (Wildman–Crippen LogP) is 0.764. The Bertz CT molecular complexity index is 586. The van der Waals surface area contributed by atoms with Crippen LogP contribution < -0.4 is 0 Å². The first-order valence-corrected chi connectivity index (χ1v) is 8.88. The minimum absolute atomic E-state index is 0.00523. The van der Waals surface area contributed by atoms with Crippen LogP contribution in [0.5, 0.6) is 0 Å². The van der Waals surface area contributed by atoms with Gasteiger partial charge in [-0.3, -0.25) is 9.69 Å². The summed E-state index contributed by atoms with van der Waals surface area (Å²) in [6.45, 7) is 0.819. The highest BCUT2D eigenvalue weighted by Gasteiger charge is 2.31. The number of sulfone groups is 1. The van der Waals surface area contributed by atoms with E-state index in [1.165, 1.54) is 0 Å². The van der Waals surface area contributed by atoms with Crippen LogP contribution in [0.3, 0.4) is 0 Å². The molecule has 1 aromatic rings. The SMILES string of the molecule is CN(Cc1ccccc1)C(=O)CN(C)C1CCS(=O)(=O)C1. The van der Waals surface area contributed by atoms with Crippen molar-refractivity contribution in [3.05, 3.63) is 35.9 Å². The maximum absolute atomic E-state index is 12.2. The van der Waals surface area contributed by atoms with Crippen LogP contribution in [0, 0.1) is 0 Å². The zero-order valence-electron chi connectivity index (χ0n) is 12.5. The van der Waals surface area contributed by atoms with E-state index in [0.717, 1.165) is 5.56 Å². The van der Waals surface area contributed by atoms with Gasteiger partial charge in [-0.05, 0) is 19.0 Å². The van der Waals surface area contributed by atoms with Gasteiger partial charge in [0.1, 0.15) is 0 Å². The summed E-state index contributed by atoms with van der Waals surface area (Å²) in [7, 11) is 0.680. The fraction of sp³-hybridized carbons (Fsp3) is 0.533. The monoisotopic (exact) mass is 310 g/mol. The number of benzene rings is 1. The summed E-state index contributed by atoms with van der Waals surface area (Å²) in [5.74, 6) is 0.403. The standard InChI is InChI=1S/C15H22N2O3S/c1-16(14-8-9-21(19,20)12-14)11-15(18)17(2)10-13-6-4-3-5-7-13/h3-7,14H,8-12H2,1-2H3. The van der Waals surface area contributed by atoms with Crippen LogP contribution in [0.1, 0.15) is 12.0 Å². The average molecular weight is 310 g/mol. The summed E-state index contributed by atoms with van der Waals surface area (Å²) in [5.41, 5.74) is 1.08. The molecule has 0 aromatic heterocycles. The Morgan fingerprint density at radius 1 is 1.24 bits per heavy atom. The average Bonchev–Trinajstić information content (AvgIpc) is 2.80. The van der Waals surface area contributed by atoms with Gasteiger partial charge in [0.2, 0.25) is 5.91 Å². The van der Waals surface area contributed by atoms with E-state index in [2.05, 4.69) is 0 Å². The van der Waals surface area contributed by atoms with Gasteiger partial charge in [-0.1, -0.05) is 30.3 Å². The van der Waals surface area contributed by atoms with E-state index in [-0.39, 0.29) is 30.0 Å². The molecule has 1 saturated heterocycles. The molecule has 0 radical (unpaired) electrons. The van der Waals surface area contributed by atoms with Crippen molar-refractivity contribution in [1.82, 2.24) is 9.80 Å². The largest absolute Gasteiger partial charge is 0.340 e. The Morgan fingerprint density at radius 2 is 1.90 bits per heavy atom. The van der Waals surface area contributed by atoms with Gasteiger partial charge in [0.15, 0.2) is 9.84 Å². The summed E-state index contributed by atoms with van der Waals surface area (Å²) >= 11 is 0. The van der Waals surface area contributed by atoms with Gasteiger partial charge in [-0.15, -0.1) is 0 Å². The van der Waals surface area contributed by atoms with Gasteiger partial charge >= 0.3 is 0 Å². The minimum Gasteiger partial charge on any atom is -0.340 e. The van der Waals surface area contributed by atoms with Gasteiger partial charge in [-0.2, -0.15) is 0 Å². The number of hydrogen-bond acceptors (Lipinski definition) is 4. The summed E-state index contributed by atoms with van der Waals surface area (Å²) in [5, 5.41) is 0. The Labute approximate surface area is 126 Å². The summed E-state index contributed by atoms with van der Waals surface area (Å²) < 4.78 is 23.0. The van der Waals surface area contributed by atoms with E-state index in [4.69, 9.17) is 0 Å². The molecule has 6 heteroatoms. The molecule has 1 aliphatic rings. The van der Waals surface area contributed by atoms with Crippen molar-refractivity contribution in [2.75, 3.05) is 32.1 Å². The first-order valence-electron chi connectivity index (χ1n) is 7.06. The number of rotatable bonds is 5. The quantitative estimate of drug-likeness (QED) is 0.806. The van der Waals surface area contributed by atoms with E-state index in [1.807, 2.05) is 42.3 Å². The molecule has 0 N–H and O–H groups in total. The van der Waals surface area contributed by atoms with Crippen molar-refractivity contribution in [3.8, 4) is 0 Å². The molecule has 21 heavy (non-hydrogen) atoms. The number of carbonyl (C=O) groups excluding carboxylic acids is 1. The number of hydrogen-bond donors (Lipinski definition) is 0. The number of carbonyl (C=O) groups is 1. The van der Waals surface area contributed by atoms with Crippen LogP contribution >= 0.6 is 0 Å². The Morgan fingerprint density at radius 3 is 2.48 bits per heavy atom. The normalized spacial score (nSPS) is 20.6. The molecule has 1 amide bonds. The van der Waals surface area contributed by atoms with E-state index in [1.54, 1.807) is 11.9 Å². The highest BCUT2D eigenvalue weighted by Crippen LogP contribution is 2.16. The third-order valence-corrected chi connectivity index (χ3v) is 5.66. The highest BCUT2D eigenvalue weighted by atomic mass is 32.2. The molecule has 5 nitrogen and oxygen atoms in total. The maximum Gasteiger partial charge on any atom is 0.236 e. The lowest BCUT2D eigenvalue weighted by Gasteiger charge is -2.25. The highest BCUT2D eigenvalue weighted by molar-refractivity contribution is 7.91. The van der Waals surface area contributed by atoms with Crippen molar-refractivity contribution < 1.29 is 13.2 Å². The molecule has 116 valence electrons. The molecule has 0 aliphatic carbocycles. The fourth-order valence-corrected chi connectivity index (χ4v) is 4.34. The molecular weight excluding hydrogens is 288 g/mol. The molecule has 0 saturated carbocycles. The zero-order chi connectivity index (χ0) is 15.5. The number of amides is 1. The van der Waals surface area contributed by atoms with E-state index >= 15 is 0 Å². The van der Waals surface area contributed by atoms with Gasteiger partial charge in [0.05, 0.1) is 18.1 Å². The number of likely N-dealkylation sites (N-methyl/N-ethyl adjacent to an activating group) is 2.